The highest BCUT2D eigenvalue weighted by Gasteiger charge is 2.11. The Balaban J connectivity index is 2.99. The van der Waals surface area contributed by atoms with Crippen molar-refractivity contribution in [2.45, 2.75) is 13.8 Å². The van der Waals surface area contributed by atoms with Crippen molar-refractivity contribution in [2.75, 3.05) is 0 Å². The Bertz CT molecular complexity index is 503. The van der Waals surface area contributed by atoms with Crippen LogP contribution in [-0.4, -0.2) is 0 Å². The quantitative estimate of drug-likeness (QED) is 0.611. The van der Waals surface area contributed by atoms with Crippen molar-refractivity contribution >= 4 is 11.0 Å². The van der Waals surface area contributed by atoms with Crippen LogP contribution in [0.5, 0.6) is 0 Å². The smallest absolute Gasteiger partial charge is 0.135 e. The number of nitriles is 1. The van der Waals surface area contributed by atoms with Crippen molar-refractivity contribution < 1.29 is 4.42 Å². The number of rotatable bonds is 0. The third-order valence-electron chi connectivity index (χ3n) is 2.21. The number of furan rings is 1. The molecule has 2 heteroatoms. The summed E-state index contributed by atoms with van der Waals surface area (Å²) in [6, 6.07) is 7.97. The zero-order valence-corrected chi connectivity index (χ0v) is 7.59. The number of fused-ring (bicyclic) bond motifs is 1. The predicted molar refractivity (Wildman–Crippen MR) is 50.4 cm³/mol. The van der Waals surface area contributed by atoms with Gasteiger partial charge in [0.2, 0.25) is 0 Å². The fourth-order valence-corrected chi connectivity index (χ4v) is 1.57. The van der Waals surface area contributed by atoms with Crippen LogP contribution in [0, 0.1) is 25.2 Å². The van der Waals surface area contributed by atoms with Crippen LogP contribution < -0.4 is 0 Å². The minimum Gasteiger partial charge on any atom is -0.460 e. The van der Waals surface area contributed by atoms with E-state index in [0.29, 0.717) is 11.3 Å². The summed E-state index contributed by atoms with van der Waals surface area (Å²) in [5.74, 6) is 0.701. The molecule has 0 radical (unpaired) electrons. The molecule has 2 aromatic rings. The van der Waals surface area contributed by atoms with Crippen LogP contribution in [0.25, 0.3) is 11.0 Å². The van der Waals surface area contributed by atoms with Gasteiger partial charge in [-0.25, -0.2) is 0 Å². The van der Waals surface area contributed by atoms with Crippen LogP contribution in [0.4, 0.5) is 0 Å². The van der Waals surface area contributed by atoms with Crippen molar-refractivity contribution in [1.29, 1.82) is 5.26 Å². The second-order valence-electron chi connectivity index (χ2n) is 3.09. The van der Waals surface area contributed by atoms with E-state index in [1.54, 1.807) is 0 Å². The van der Waals surface area contributed by atoms with Crippen molar-refractivity contribution in [3.8, 4) is 6.07 Å². The lowest BCUT2D eigenvalue weighted by Gasteiger charge is -1.92. The molecule has 0 fully saturated rings. The molecule has 0 aliphatic heterocycles. The van der Waals surface area contributed by atoms with E-state index in [0.717, 1.165) is 16.5 Å². The van der Waals surface area contributed by atoms with Crippen LogP contribution in [0.2, 0.25) is 0 Å². The molecule has 2 rings (SSSR count). The van der Waals surface area contributed by atoms with Crippen LogP contribution in [0.15, 0.2) is 22.6 Å². The molecular formula is C11H9NO. The number of benzene rings is 1. The highest BCUT2D eigenvalue weighted by atomic mass is 16.3. The maximum Gasteiger partial charge on any atom is 0.135 e. The maximum atomic E-state index is 8.92. The molecule has 13 heavy (non-hydrogen) atoms. The van der Waals surface area contributed by atoms with E-state index in [-0.39, 0.29) is 0 Å². The topological polar surface area (TPSA) is 36.9 Å². The fraction of sp³-hybridized carbons (Fsp3) is 0.182. The summed E-state index contributed by atoms with van der Waals surface area (Å²) in [4.78, 5) is 0. The molecule has 0 unspecified atom stereocenters. The molecule has 1 heterocycles. The first kappa shape index (κ1) is 7.88. The lowest BCUT2D eigenvalue weighted by atomic mass is 10.1. The van der Waals surface area contributed by atoms with E-state index in [1.165, 1.54) is 0 Å². The van der Waals surface area contributed by atoms with Crippen LogP contribution >= 0.6 is 0 Å². The van der Waals surface area contributed by atoms with Gasteiger partial charge in [-0.15, -0.1) is 0 Å². The average Bonchev–Trinajstić information content (AvgIpc) is 2.42. The first-order valence-corrected chi connectivity index (χ1v) is 4.13. The molecule has 0 saturated carbocycles. The molecule has 0 aliphatic carbocycles. The summed E-state index contributed by atoms with van der Waals surface area (Å²) in [6.07, 6.45) is 0. The zero-order valence-electron chi connectivity index (χ0n) is 7.59. The standard InChI is InChI=1S/C11H9NO/c1-7-4-3-5-10-11(7)9(6-12)8(2)13-10/h3-5H,1-2H3. The van der Waals surface area contributed by atoms with E-state index >= 15 is 0 Å². The number of nitrogens with zero attached hydrogens (tertiary/aromatic N) is 1. The molecular weight excluding hydrogens is 162 g/mol. The third kappa shape index (κ3) is 1.01. The van der Waals surface area contributed by atoms with Gasteiger partial charge in [0.05, 0.1) is 0 Å². The Kier molecular flexibility index (Phi) is 1.60. The van der Waals surface area contributed by atoms with Gasteiger partial charge in [0.1, 0.15) is 23.0 Å². The summed E-state index contributed by atoms with van der Waals surface area (Å²) >= 11 is 0. The molecule has 0 N–H and O–H groups in total. The van der Waals surface area contributed by atoms with Crippen molar-refractivity contribution in [3.63, 3.8) is 0 Å². The van der Waals surface area contributed by atoms with Gasteiger partial charge in [0.15, 0.2) is 0 Å². The lowest BCUT2D eigenvalue weighted by Crippen LogP contribution is -1.77. The summed E-state index contributed by atoms with van der Waals surface area (Å²) in [5, 5.41) is 9.87. The molecule has 0 aliphatic rings. The van der Waals surface area contributed by atoms with Gasteiger partial charge in [0.25, 0.3) is 0 Å². The van der Waals surface area contributed by atoms with E-state index in [2.05, 4.69) is 6.07 Å². The second-order valence-corrected chi connectivity index (χ2v) is 3.09. The number of aryl methyl sites for hydroxylation is 2. The van der Waals surface area contributed by atoms with Crippen LogP contribution in [0.3, 0.4) is 0 Å². The first-order valence-electron chi connectivity index (χ1n) is 4.13. The predicted octanol–water partition coefficient (Wildman–Crippen LogP) is 2.92. The van der Waals surface area contributed by atoms with E-state index < -0.39 is 0 Å². The Hall–Kier alpha value is -1.75. The normalized spacial score (nSPS) is 10.2. The molecule has 0 atom stereocenters. The second kappa shape index (κ2) is 2.63. The van der Waals surface area contributed by atoms with Crippen LogP contribution in [-0.2, 0) is 0 Å². The van der Waals surface area contributed by atoms with E-state index in [9.17, 15) is 0 Å². The summed E-state index contributed by atoms with van der Waals surface area (Å²) in [7, 11) is 0. The maximum absolute atomic E-state index is 8.92. The minimum absolute atomic E-state index is 0.660. The Morgan fingerprint density at radius 1 is 1.31 bits per heavy atom. The van der Waals surface area contributed by atoms with E-state index in [1.807, 2.05) is 32.0 Å². The van der Waals surface area contributed by atoms with Crippen molar-refractivity contribution in [3.05, 3.63) is 35.1 Å². The summed E-state index contributed by atoms with van der Waals surface area (Å²) in [6.45, 7) is 3.80. The SMILES string of the molecule is Cc1oc2cccc(C)c2c1C#N. The largest absolute Gasteiger partial charge is 0.460 e. The molecule has 0 bridgehead atoms. The zero-order chi connectivity index (χ0) is 9.42. The minimum atomic E-state index is 0.660. The molecule has 64 valence electrons. The Morgan fingerprint density at radius 3 is 2.77 bits per heavy atom. The third-order valence-corrected chi connectivity index (χ3v) is 2.21. The van der Waals surface area contributed by atoms with Gasteiger partial charge in [-0.1, -0.05) is 12.1 Å². The number of hydrogen-bond acceptors (Lipinski definition) is 2. The van der Waals surface area contributed by atoms with Gasteiger partial charge in [-0.05, 0) is 25.5 Å². The highest BCUT2D eigenvalue weighted by molar-refractivity contribution is 5.87. The van der Waals surface area contributed by atoms with Gasteiger partial charge in [-0.3, -0.25) is 0 Å². The van der Waals surface area contributed by atoms with Gasteiger partial charge in [-0.2, -0.15) is 5.26 Å². The fourth-order valence-electron chi connectivity index (χ4n) is 1.57. The molecule has 2 nitrogen and oxygen atoms in total. The lowest BCUT2D eigenvalue weighted by molar-refractivity contribution is 0.577. The van der Waals surface area contributed by atoms with Gasteiger partial charge in [0, 0.05) is 5.39 Å². The molecule has 0 saturated heterocycles. The summed E-state index contributed by atoms with van der Waals surface area (Å²) < 4.78 is 5.45. The molecule has 1 aromatic heterocycles. The summed E-state index contributed by atoms with van der Waals surface area (Å²) in [5.41, 5.74) is 2.55. The first-order chi connectivity index (χ1) is 6.24. The van der Waals surface area contributed by atoms with Gasteiger partial charge < -0.3 is 4.42 Å². The molecule has 1 aromatic carbocycles. The van der Waals surface area contributed by atoms with E-state index in [4.69, 9.17) is 9.68 Å². The molecule has 0 amide bonds. The highest BCUT2D eigenvalue weighted by Crippen LogP contribution is 2.27. The van der Waals surface area contributed by atoms with Gasteiger partial charge >= 0.3 is 0 Å². The Morgan fingerprint density at radius 2 is 2.08 bits per heavy atom. The monoisotopic (exact) mass is 171 g/mol. The number of hydrogen-bond donors (Lipinski definition) is 0. The van der Waals surface area contributed by atoms with Crippen molar-refractivity contribution in [1.82, 2.24) is 0 Å². The molecule has 0 spiro atoms. The average molecular weight is 171 g/mol. The Labute approximate surface area is 76.4 Å². The van der Waals surface area contributed by atoms with Crippen LogP contribution in [0.1, 0.15) is 16.9 Å². The van der Waals surface area contributed by atoms with Crippen molar-refractivity contribution in [2.24, 2.45) is 0 Å².